The van der Waals surface area contributed by atoms with Gasteiger partial charge in [-0.15, -0.1) is 5.56 Å². The molecule has 0 heterocycles. The van der Waals surface area contributed by atoms with E-state index in [-0.39, 0.29) is 46.6 Å². The molecule has 0 aliphatic rings. The first-order valence-corrected chi connectivity index (χ1v) is 3.52. The van der Waals surface area contributed by atoms with Gasteiger partial charge in [0.1, 0.15) is 6.67 Å². The van der Waals surface area contributed by atoms with Gasteiger partial charge in [-0.1, -0.05) is 0 Å². The Morgan fingerprint density at radius 1 is 1.46 bits per heavy atom. The van der Waals surface area contributed by atoms with Gasteiger partial charge in [0.25, 0.3) is 0 Å². The quantitative estimate of drug-likeness (QED) is 0.366. The molecule has 0 radical (unpaired) electrons. The van der Waals surface area contributed by atoms with Crippen LogP contribution in [0.25, 0.3) is 0 Å². The van der Waals surface area contributed by atoms with Crippen molar-refractivity contribution in [1.29, 1.82) is 0 Å². The monoisotopic (exact) mass is 256 g/mol. The van der Waals surface area contributed by atoms with E-state index < -0.39 is 6.67 Å². The Labute approximate surface area is 105 Å². The van der Waals surface area contributed by atoms with Gasteiger partial charge in [0.05, 0.1) is 6.61 Å². The van der Waals surface area contributed by atoms with Gasteiger partial charge in [0, 0.05) is 6.61 Å². The minimum atomic E-state index is -0.420. The molecule has 13 heavy (non-hydrogen) atoms. The van der Waals surface area contributed by atoms with Gasteiger partial charge in [0.15, 0.2) is 0 Å². The van der Waals surface area contributed by atoms with Crippen molar-refractivity contribution in [3.8, 4) is 0 Å². The fourth-order valence-corrected chi connectivity index (χ4v) is 0.765. The van der Waals surface area contributed by atoms with Gasteiger partial charge in [0.2, 0.25) is 0 Å². The summed E-state index contributed by atoms with van der Waals surface area (Å²) < 4.78 is 16.5. The van der Waals surface area contributed by atoms with Crippen molar-refractivity contribution >= 4 is 23.1 Å². The van der Waals surface area contributed by atoms with Crippen molar-refractivity contribution in [3.63, 3.8) is 0 Å². The van der Waals surface area contributed by atoms with Crippen molar-refractivity contribution < 1.29 is 26.1 Å². The van der Waals surface area contributed by atoms with Crippen LogP contribution in [0.15, 0.2) is 24.3 Å². The Hall–Kier alpha value is 0.356. The fourth-order valence-electron chi connectivity index (χ4n) is 0.765. The molecule has 68 valence electrons. The maximum atomic E-state index is 11.6. The van der Waals surface area contributed by atoms with Crippen LogP contribution in [-0.2, 0) is 11.3 Å². The molecule has 1 aromatic rings. The van der Waals surface area contributed by atoms with Crippen molar-refractivity contribution in [2.24, 2.45) is 0 Å². The number of ether oxygens (including phenoxy) is 1. The minimum absolute atomic E-state index is 0. The normalized spacial score (nSPS) is 8.38. The smallest absolute Gasteiger partial charge is 1.00 e. The maximum Gasteiger partial charge on any atom is 2.00 e. The summed E-state index contributed by atoms with van der Waals surface area (Å²) in [4.78, 5) is 0. The Bertz CT molecular complexity index is 196. The number of halogens is 2. The Balaban J connectivity index is 0. The van der Waals surface area contributed by atoms with Crippen LogP contribution in [0.2, 0.25) is 0 Å². The van der Waals surface area contributed by atoms with Gasteiger partial charge in [-0.25, -0.2) is 4.39 Å². The summed E-state index contributed by atoms with van der Waals surface area (Å²) in [5, 5.41) is 0. The SMILES string of the molecule is FCCOCc1c[c-]ccc1.[Br-].[Mg+2]. The van der Waals surface area contributed by atoms with Gasteiger partial charge >= 0.3 is 23.1 Å². The van der Waals surface area contributed by atoms with Crippen LogP contribution in [0.3, 0.4) is 0 Å². The zero-order chi connectivity index (χ0) is 7.94. The van der Waals surface area contributed by atoms with E-state index in [9.17, 15) is 4.39 Å². The number of hydrogen-bond acceptors (Lipinski definition) is 1. The summed E-state index contributed by atoms with van der Waals surface area (Å²) in [7, 11) is 0. The second kappa shape index (κ2) is 10.4. The summed E-state index contributed by atoms with van der Waals surface area (Å²) in [6, 6.07) is 10.4. The molecule has 1 rings (SSSR count). The van der Waals surface area contributed by atoms with Crippen LogP contribution in [0, 0.1) is 6.07 Å². The zero-order valence-corrected chi connectivity index (χ0v) is 10.3. The van der Waals surface area contributed by atoms with Crippen LogP contribution in [0.1, 0.15) is 5.56 Å². The average molecular weight is 257 g/mol. The molecular weight excluding hydrogens is 247 g/mol. The second-order valence-electron chi connectivity index (χ2n) is 2.15. The van der Waals surface area contributed by atoms with Crippen molar-refractivity contribution in [2.45, 2.75) is 6.61 Å². The van der Waals surface area contributed by atoms with Gasteiger partial charge < -0.3 is 21.7 Å². The van der Waals surface area contributed by atoms with E-state index in [4.69, 9.17) is 4.74 Å². The topological polar surface area (TPSA) is 9.23 Å². The molecule has 0 saturated carbocycles. The van der Waals surface area contributed by atoms with Crippen molar-refractivity contribution in [3.05, 3.63) is 35.9 Å². The molecule has 0 atom stereocenters. The second-order valence-corrected chi connectivity index (χ2v) is 2.15. The molecule has 0 spiro atoms. The first-order valence-electron chi connectivity index (χ1n) is 3.52. The van der Waals surface area contributed by atoms with Crippen LogP contribution >= 0.6 is 0 Å². The molecular formula is C9H10BrFMgO. The van der Waals surface area contributed by atoms with Gasteiger partial charge in [-0.05, 0) is 0 Å². The van der Waals surface area contributed by atoms with Crippen LogP contribution in [-0.4, -0.2) is 36.3 Å². The third-order valence-corrected chi connectivity index (χ3v) is 1.26. The van der Waals surface area contributed by atoms with Crippen LogP contribution in [0.5, 0.6) is 0 Å². The first-order chi connectivity index (χ1) is 5.43. The Morgan fingerprint density at radius 3 is 2.77 bits per heavy atom. The van der Waals surface area contributed by atoms with E-state index in [0.29, 0.717) is 6.61 Å². The molecule has 4 heteroatoms. The Morgan fingerprint density at radius 2 is 2.23 bits per heavy atom. The molecule has 0 aliphatic heterocycles. The van der Waals surface area contributed by atoms with E-state index in [1.165, 1.54) is 0 Å². The van der Waals surface area contributed by atoms with E-state index in [0.717, 1.165) is 5.56 Å². The molecule has 0 unspecified atom stereocenters. The molecule has 1 nitrogen and oxygen atoms in total. The third kappa shape index (κ3) is 7.43. The van der Waals surface area contributed by atoms with Crippen LogP contribution in [0.4, 0.5) is 4.39 Å². The summed E-state index contributed by atoms with van der Waals surface area (Å²) in [5.41, 5.74) is 1.03. The summed E-state index contributed by atoms with van der Waals surface area (Å²) in [6.45, 7) is 0.229. The van der Waals surface area contributed by atoms with Crippen molar-refractivity contribution in [2.75, 3.05) is 13.3 Å². The molecule has 0 N–H and O–H groups in total. The van der Waals surface area contributed by atoms with Gasteiger partial charge in [-0.3, -0.25) is 0 Å². The fraction of sp³-hybridized carbons (Fsp3) is 0.333. The summed E-state index contributed by atoms with van der Waals surface area (Å²) in [5.74, 6) is 0. The van der Waals surface area contributed by atoms with Crippen LogP contribution < -0.4 is 17.0 Å². The zero-order valence-electron chi connectivity index (χ0n) is 7.30. The molecule has 0 amide bonds. The van der Waals surface area contributed by atoms with Crippen molar-refractivity contribution in [1.82, 2.24) is 0 Å². The molecule has 0 aliphatic carbocycles. The number of benzene rings is 1. The van der Waals surface area contributed by atoms with E-state index in [1.54, 1.807) is 0 Å². The first kappa shape index (κ1) is 15.8. The predicted octanol–water partition coefficient (Wildman–Crippen LogP) is -1.40. The number of alkyl halides is 1. The molecule has 1 aromatic carbocycles. The van der Waals surface area contributed by atoms with Gasteiger partial charge in [-0.2, -0.15) is 30.3 Å². The van der Waals surface area contributed by atoms with E-state index in [1.807, 2.05) is 24.3 Å². The molecule has 0 aromatic heterocycles. The molecule has 0 bridgehead atoms. The standard InChI is InChI=1S/C9H10FO.BrH.Mg/c10-6-7-11-8-9-4-2-1-3-5-9;;/h1-2,4-5H,6-8H2;1H;/q-1;;+2/p-1. The Kier molecular flexibility index (Phi) is 12.7. The predicted molar refractivity (Wildman–Crippen MR) is 46.7 cm³/mol. The largest absolute Gasteiger partial charge is 2.00 e. The average Bonchev–Trinajstić information content (AvgIpc) is 2.07. The summed E-state index contributed by atoms with van der Waals surface area (Å²) in [6.07, 6.45) is 0. The molecule has 0 saturated heterocycles. The van der Waals surface area contributed by atoms with E-state index >= 15 is 0 Å². The minimum Gasteiger partial charge on any atom is -1.00 e. The summed E-state index contributed by atoms with van der Waals surface area (Å²) >= 11 is 0. The maximum absolute atomic E-state index is 11.6. The third-order valence-electron chi connectivity index (χ3n) is 1.26. The molecule has 0 fully saturated rings. The van der Waals surface area contributed by atoms with E-state index in [2.05, 4.69) is 6.07 Å². The number of hydrogen-bond donors (Lipinski definition) is 0. The number of rotatable bonds is 4.